The van der Waals surface area contributed by atoms with E-state index in [1.807, 2.05) is 25.1 Å². The molecular formula is C17H15FN4OS. The molecule has 1 fully saturated rings. The molecule has 7 heteroatoms. The molecule has 4 rings (SSSR count). The summed E-state index contributed by atoms with van der Waals surface area (Å²) in [4.78, 5) is 20.3. The highest BCUT2D eigenvalue weighted by atomic mass is 32.2. The number of anilines is 1. The molecule has 0 aromatic carbocycles. The zero-order valence-electron chi connectivity index (χ0n) is 13.0. The van der Waals surface area contributed by atoms with Crippen LogP contribution in [0.2, 0.25) is 0 Å². The number of aryl methyl sites for hydroxylation is 1. The second-order valence-electron chi connectivity index (χ2n) is 5.97. The summed E-state index contributed by atoms with van der Waals surface area (Å²) in [6.45, 7) is 1.89. The highest BCUT2D eigenvalue weighted by Gasteiger charge is 2.29. The van der Waals surface area contributed by atoms with Gasteiger partial charge >= 0.3 is 0 Å². The zero-order chi connectivity index (χ0) is 16.7. The van der Waals surface area contributed by atoms with Gasteiger partial charge < -0.3 is 5.32 Å². The number of hydrogen-bond donors (Lipinski definition) is 1. The molecule has 1 aliphatic rings. The fourth-order valence-electron chi connectivity index (χ4n) is 2.70. The molecule has 0 aliphatic heterocycles. The predicted octanol–water partition coefficient (Wildman–Crippen LogP) is 4.14. The Labute approximate surface area is 142 Å². The lowest BCUT2D eigenvalue weighted by Gasteiger charge is -2.06. The van der Waals surface area contributed by atoms with Crippen LogP contribution >= 0.6 is 12.3 Å². The van der Waals surface area contributed by atoms with Gasteiger partial charge in [0.15, 0.2) is 12.3 Å². The first-order valence-electron chi connectivity index (χ1n) is 7.70. The van der Waals surface area contributed by atoms with E-state index in [1.54, 1.807) is 18.5 Å². The van der Waals surface area contributed by atoms with Crippen LogP contribution in [0, 0.1) is 12.8 Å². The van der Waals surface area contributed by atoms with Crippen LogP contribution in [0.15, 0.2) is 36.7 Å². The van der Waals surface area contributed by atoms with Gasteiger partial charge in [0.05, 0.1) is 11.2 Å². The molecule has 3 aromatic heterocycles. The van der Waals surface area contributed by atoms with E-state index < -0.39 is 0 Å². The van der Waals surface area contributed by atoms with Crippen molar-refractivity contribution in [2.45, 2.75) is 19.8 Å². The SMILES string of the molecule is Cc1cc(-c2cc3cnc(NC(=O)C4CC4)cc3n2SF)ccn1. The maximum Gasteiger partial charge on any atom is 0.228 e. The van der Waals surface area contributed by atoms with Crippen molar-refractivity contribution < 1.29 is 8.68 Å². The minimum absolute atomic E-state index is 0.0159. The molecule has 0 spiro atoms. The van der Waals surface area contributed by atoms with Crippen molar-refractivity contribution in [1.29, 1.82) is 0 Å². The molecule has 0 radical (unpaired) electrons. The van der Waals surface area contributed by atoms with E-state index in [0.717, 1.165) is 35.2 Å². The van der Waals surface area contributed by atoms with Crippen molar-refractivity contribution in [3.8, 4) is 11.3 Å². The molecule has 122 valence electrons. The maximum absolute atomic E-state index is 13.6. The number of aromatic nitrogens is 3. The van der Waals surface area contributed by atoms with Gasteiger partial charge in [0.25, 0.3) is 0 Å². The van der Waals surface area contributed by atoms with Crippen molar-refractivity contribution in [2.24, 2.45) is 5.92 Å². The van der Waals surface area contributed by atoms with E-state index in [4.69, 9.17) is 0 Å². The summed E-state index contributed by atoms with van der Waals surface area (Å²) in [5.74, 6) is 0.531. The van der Waals surface area contributed by atoms with Crippen molar-refractivity contribution in [3.05, 3.63) is 42.4 Å². The van der Waals surface area contributed by atoms with Crippen LogP contribution in [0.1, 0.15) is 18.5 Å². The Morgan fingerprint density at radius 1 is 1.33 bits per heavy atom. The Balaban J connectivity index is 1.77. The highest BCUT2D eigenvalue weighted by Crippen LogP contribution is 2.34. The van der Waals surface area contributed by atoms with Gasteiger partial charge in [0.2, 0.25) is 5.91 Å². The monoisotopic (exact) mass is 342 g/mol. The number of carbonyl (C=O) groups is 1. The molecular weight excluding hydrogens is 327 g/mol. The summed E-state index contributed by atoms with van der Waals surface area (Å²) in [6.07, 6.45) is 5.21. The number of nitrogens with one attached hydrogen (secondary N) is 1. The fourth-order valence-corrected chi connectivity index (χ4v) is 3.17. The van der Waals surface area contributed by atoms with Crippen LogP contribution < -0.4 is 5.32 Å². The number of fused-ring (bicyclic) bond motifs is 1. The maximum atomic E-state index is 13.6. The first-order valence-corrected chi connectivity index (χ1v) is 8.37. The summed E-state index contributed by atoms with van der Waals surface area (Å²) in [5, 5.41) is 3.61. The lowest BCUT2D eigenvalue weighted by Crippen LogP contribution is -2.14. The topological polar surface area (TPSA) is 59.8 Å². The van der Waals surface area contributed by atoms with Crippen LogP contribution in [0.5, 0.6) is 0 Å². The minimum Gasteiger partial charge on any atom is -0.310 e. The molecule has 24 heavy (non-hydrogen) atoms. The van der Waals surface area contributed by atoms with Crippen molar-refractivity contribution in [2.75, 3.05) is 5.32 Å². The Morgan fingerprint density at radius 2 is 2.17 bits per heavy atom. The minimum atomic E-state index is -0.0159. The Morgan fingerprint density at radius 3 is 2.88 bits per heavy atom. The molecule has 3 heterocycles. The third kappa shape index (κ3) is 2.75. The number of nitrogens with zero attached hydrogens (tertiary/aromatic N) is 3. The molecule has 1 saturated carbocycles. The average Bonchev–Trinajstić information content (AvgIpc) is 3.36. The van der Waals surface area contributed by atoms with Crippen LogP contribution in [0.25, 0.3) is 22.2 Å². The van der Waals surface area contributed by atoms with Crippen LogP contribution in [-0.4, -0.2) is 19.8 Å². The highest BCUT2D eigenvalue weighted by molar-refractivity contribution is 7.93. The first-order chi connectivity index (χ1) is 11.7. The van der Waals surface area contributed by atoms with E-state index in [0.29, 0.717) is 11.3 Å². The molecule has 1 N–H and O–H groups in total. The molecule has 0 unspecified atom stereocenters. The molecule has 1 amide bonds. The third-order valence-electron chi connectivity index (χ3n) is 4.10. The van der Waals surface area contributed by atoms with E-state index in [-0.39, 0.29) is 24.2 Å². The predicted molar refractivity (Wildman–Crippen MR) is 93.2 cm³/mol. The number of amides is 1. The van der Waals surface area contributed by atoms with Gasteiger partial charge in [-0.25, -0.2) is 4.98 Å². The van der Waals surface area contributed by atoms with E-state index in [9.17, 15) is 8.68 Å². The number of rotatable bonds is 4. The van der Waals surface area contributed by atoms with Crippen molar-refractivity contribution >= 4 is 35.0 Å². The lowest BCUT2D eigenvalue weighted by molar-refractivity contribution is -0.117. The normalized spacial score (nSPS) is 14.1. The van der Waals surface area contributed by atoms with E-state index in [1.165, 1.54) is 3.97 Å². The van der Waals surface area contributed by atoms with E-state index >= 15 is 0 Å². The summed E-state index contributed by atoms with van der Waals surface area (Å²) in [5.41, 5.74) is 3.15. The zero-order valence-corrected chi connectivity index (χ0v) is 13.8. The quantitative estimate of drug-likeness (QED) is 0.774. The second kappa shape index (κ2) is 5.90. The standard InChI is InChI=1S/C17H15FN4OS/c1-10-6-12(4-5-19-10)14-7-13-9-20-16(8-15(13)22(14)24-18)21-17(23)11-2-3-11/h4-9,11H,2-3H2,1H3,(H,20,21,23). The molecule has 5 nitrogen and oxygen atoms in total. The average molecular weight is 342 g/mol. The van der Waals surface area contributed by atoms with Crippen LogP contribution in [0.4, 0.5) is 9.70 Å². The Bertz CT molecular complexity index is 935. The van der Waals surface area contributed by atoms with Gasteiger partial charge in [0.1, 0.15) is 5.82 Å². The van der Waals surface area contributed by atoms with E-state index in [2.05, 4.69) is 15.3 Å². The molecule has 0 saturated heterocycles. The van der Waals surface area contributed by atoms with Crippen molar-refractivity contribution in [1.82, 2.24) is 13.9 Å². The Kier molecular flexibility index (Phi) is 3.72. The number of halogens is 1. The van der Waals surface area contributed by atoms with Gasteiger partial charge in [-0.05, 0) is 38.0 Å². The fraction of sp³-hybridized carbons (Fsp3) is 0.235. The summed E-state index contributed by atoms with van der Waals surface area (Å²) >= 11 is 0.134. The third-order valence-corrected chi connectivity index (χ3v) is 4.63. The smallest absolute Gasteiger partial charge is 0.228 e. The van der Waals surface area contributed by atoms with Gasteiger partial charge in [0, 0.05) is 41.0 Å². The molecule has 0 bridgehead atoms. The summed E-state index contributed by atoms with van der Waals surface area (Å²) in [6, 6.07) is 7.34. The summed E-state index contributed by atoms with van der Waals surface area (Å²) < 4.78 is 15.1. The van der Waals surface area contributed by atoms with Crippen LogP contribution in [-0.2, 0) is 4.79 Å². The molecule has 3 aromatic rings. The second-order valence-corrected chi connectivity index (χ2v) is 6.47. The van der Waals surface area contributed by atoms with Crippen LogP contribution in [0.3, 0.4) is 0 Å². The number of carbonyl (C=O) groups excluding carboxylic acids is 1. The van der Waals surface area contributed by atoms with Crippen molar-refractivity contribution in [3.63, 3.8) is 0 Å². The Hall–Kier alpha value is -2.41. The largest absolute Gasteiger partial charge is 0.310 e. The van der Waals surface area contributed by atoms with Gasteiger partial charge in [-0.3, -0.25) is 13.8 Å². The number of hydrogen-bond acceptors (Lipinski definition) is 4. The molecule has 1 aliphatic carbocycles. The lowest BCUT2D eigenvalue weighted by atomic mass is 10.2. The van der Waals surface area contributed by atoms with Gasteiger partial charge in [-0.2, -0.15) is 0 Å². The molecule has 0 atom stereocenters. The summed E-state index contributed by atoms with van der Waals surface area (Å²) in [7, 11) is 0. The van der Waals surface area contributed by atoms with Gasteiger partial charge in [-0.1, -0.05) is 0 Å². The van der Waals surface area contributed by atoms with Gasteiger partial charge in [-0.15, -0.1) is 3.89 Å². The first kappa shape index (κ1) is 15.1. The number of pyridine rings is 2.